The molecule has 0 aliphatic heterocycles. The number of nitrogen functional groups attached to an aromatic ring is 1. The zero-order valence-corrected chi connectivity index (χ0v) is 32.5. The maximum Gasteiger partial charge on any atom is 0.433 e. The number of azo groups is 2. The lowest BCUT2D eigenvalue weighted by Gasteiger charge is -2.12. The molecule has 0 unspecified atom stereocenters. The van der Waals surface area contributed by atoms with Crippen LogP contribution in [0.1, 0.15) is 25.3 Å². The predicted molar refractivity (Wildman–Crippen MR) is 198 cm³/mol. The summed E-state index contributed by atoms with van der Waals surface area (Å²) in [6.45, 7) is 3.57. The molecule has 0 bridgehead atoms. The number of hydrogen-bond acceptors (Lipinski definition) is 22. The highest BCUT2D eigenvalue weighted by atomic mass is 32.3. The Morgan fingerprint density at radius 2 is 1.53 bits per heavy atom. The average Bonchev–Trinajstić information content (AvgIpc) is 3.14. The summed E-state index contributed by atoms with van der Waals surface area (Å²) in [7, 11) is -7.12. The van der Waals surface area contributed by atoms with Crippen molar-refractivity contribution in [2.75, 3.05) is 18.6 Å². The van der Waals surface area contributed by atoms with Crippen molar-refractivity contribution >= 4 is 95.3 Å². The number of sulfone groups is 1. The minimum Gasteiger partial charge on any atom is -0.505 e. The Morgan fingerprint density at radius 3 is 2.20 bits per heavy atom. The largest absolute Gasteiger partial charge is 0.505 e. The van der Waals surface area contributed by atoms with Crippen LogP contribution in [0.3, 0.4) is 0 Å². The van der Waals surface area contributed by atoms with Crippen molar-refractivity contribution in [2.24, 2.45) is 20.5 Å². The number of anilines is 1. The van der Waals surface area contributed by atoms with Gasteiger partial charge in [-0.25, -0.2) is 18.9 Å². The highest BCUT2D eigenvalue weighted by molar-refractivity contribution is 8.04. The van der Waals surface area contributed by atoms with Gasteiger partial charge in [-0.1, -0.05) is 23.4 Å². The molecule has 0 aliphatic rings. The van der Waals surface area contributed by atoms with Crippen LogP contribution in [0, 0.1) is 18.3 Å². The molecule has 4 aromatic carbocycles. The highest BCUT2D eigenvalue weighted by Gasteiger charge is 2.20. The first kappa shape index (κ1) is 43.5. The number of methoxy groups -OCH3 is 1. The summed E-state index contributed by atoms with van der Waals surface area (Å²) in [5, 5.41) is 56.4. The maximum absolute atomic E-state index is 12.8. The average molecular weight is 860 g/mol. The number of fused-ring (bicyclic) bond motifs is 1. The van der Waals surface area contributed by atoms with Gasteiger partial charge in [0.2, 0.25) is 0 Å². The number of hydrogen-bond donors (Lipinski definition) is 5. The Hall–Kier alpha value is -4.27. The zero-order valence-electron chi connectivity index (χ0n) is 28.4. The number of unbranched alkanes of at least 4 members (excludes halogenated alkanes) is 1. The van der Waals surface area contributed by atoms with Gasteiger partial charge in [-0.15, -0.1) is 29.1 Å². The first-order chi connectivity index (χ1) is 26.2. The molecule has 0 heterocycles. The van der Waals surface area contributed by atoms with Crippen LogP contribution in [-0.2, 0) is 48.2 Å². The number of nitrogens with zero attached hydrogens (tertiary/aromatic N) is 4. The molecule has 4 rings (SSSR count). The summed E-state index contributed by atoms with van der Waals surface area (Å²) < 4.78 is 73.6. The van der Waals surface area contributed by atoms with Crippen LogP contribution in [0.25, 0.3) is 10.8 Å². The van der Waals surface area contributed by atoms with Gasteiger partial charge in [-0.3, -0.25) is 9.44 Å². The minimum absolute atomic E-state index is 0.0120. The van der Waals surface area contributed by atoms with Gasteiger partial charge in [0.25, 0.3) is 0 Å². The van der Waals surface area contributed by atoms with Crippen molar-refractivity contribution < 1.29 is 69.7 Å². The summed E-state index contributed by atoms with van der Waals surface area (Å²) in [4.78, 5) is 4.81. The number of phenols is 1. The molecule has 4 aromatic rings. The van der Waals surface area contributed by atoms with Gasteiger partial charge in [0, 0.05) is 20.9 Å². The molecule has 20 nitrogen and oxygen atoms in total. The second-order valence-corrected chi connectivity index (χ2v) is 15.9. The van der Waals surface area contributed by atoms with E-state index in [4.69, 9.17) is 25.5 Å². The lowest BCUT2D eigenvalue weighted by molar-refractivity contribution is -0.432. The first-order valence-corrected chi connectivity index (χ1v) is 20.3. The number of aromatic hydroxyl groups is 1. The zero-order chi connectivity index (χ0) is 40.2. The monoisotopic (exact) mass is 859 g/mol. The van der Waals surface area contributed by atoms with Gasteiger partial charge in [0.15, 0.2) is 21.7 Å². The Morgan fingerprint density at radius 1 is 0.836 bits per heavy atom. The molecule has 55 heavy (non-hydrogen) atoms. The number of ether oxygens (including phenoxy) is 1. The number of nitrogens with two attached hydrogens (primary N) is 1. The molecule has 6 N–H and O–H groups in total. The molecule has 0 amide bonds. The van der Waals surface area contributed by atoms with Crippen molar-refractivity contribution in [2.45, 2.75) is 46.3 Å². The fourth-order valence-electron chi connectivity index (χ4n) is 4.45. The minimum atomic E-state index is -4.84. The van der Waals surface area contributed by atoms with Crippen LogP contribution in [0.5, 0.6) is 11.5 Å². The van der Waals surface area contributed by atoms with E-state index in [1.54, 1.807) is 19.1 Å². The molecule has 0 aliphatic carbocycles. The number of rotatable bonds is 18. The van der Waals surface area contributed by atoms with Crippen LogP contribution < -0.4 is 10.5 Å². The van der Waals surface area contributed by atoms with Gasteiger partial charge < -0.3 is 15.6 Å². The predicted octanol–water partition coefficient (Wildman–Crippen LogP) is 8.47. The summed E-state index contributed by atoms with van der Waals surface area (Å²) >= 11 is 1.85. The molecular weight excluding hydrogens is 831 g/mol. The third-order valence-electron chi connectivity index (χ3n) is 6.96. The molecule has 0 spiro atoms. The van der Waals surface area contributed by atoms with E-state index in [9.17, 15) is 21.9 Å². The lowest BCUT2D eigenvalue weighted by atomic mass is 10.1. The summed E-state index contributed by atoms with van der Waals surface area (Å²) in [5.41, 5.74) is 7.24. The molecule has 0 aromatic heterocycles. The third kappa shape index (κ3) is 11.9. The second kappa shape index (κ2) is 20.1. The summed E-state index contributed by atoms with van der Waals surface area (Å²) in [6.07, 6.45) is 3.06. The normalized spacial score (nSPS) is 12.0. The van der Waals surface area contributed by atoms with Gasteiger partial charge in [-0.2, -0.15) is 8.42 Å². The van der Waals surface area contributed by atoms with Crippen LogP contribution in [-0.4, -0.2) is 49.9 Å². The Balaban J connectivity index is 1.75. The Bertz CT molecular complexity index is 2370. The SMILES string of the molecule is CCCCS(=O)(=O)c1ccc(N=Nc2c(N)ccc3c(O)c(N=Nc4cc(C)c(SC#COOS(=O)(=O)O)cc4OC)c(SOOO)cc23)c(SOOO)c1. The van der Waals surface area contributed by atoms with E-state index >= 15 is 0 Å². The van der Waals surface area contributed by atoms with E-state index in [1.165, 1.54) is 43.5 Å². The quantitative estimate of drug-likeness (QED) is 0.00915. The molecule has 0 fully saturated rings. The van der Waals surface area contributed by atoms with E-state index in [0.717, 1.165) is 11.8 Å². The standard InChI is InChI=1S/C30H29N5O15S5/c1-4-5-12-54(39,40)18-6-9-22(26(14-18)52-48-46-37)32-34-28-20-15-27(53-49-47-38)29(30(36)19(20)7-8-21(28)31)35-33-23-13-17(2)25(16-24(23)44-3)51-11-10-45-50-55(41,42)43/h6-9,13-16,36-38H,4-5,12,31H2,1-3H3,(H,41,42,43). The Labute approximate surface area is 325 Å². The third-order valence-corrected chi connectivity index (χ3v) is 11.1. The molecule has 0 saturated carbocycles. The summed E-state index contributed by atoms with van der Waals surface area (Å²) in [6, 6.07) is 11.5. The van der Waals surface area contributed by atoms with Crippen LogP contribution in [0.15, 0.2) is 88.6 Å². The second-order valence-electron chi connectivity index (χ2n) is 10.5. The van der Waals surface area contributed by atoms with E-state index in [-0.39, 0.29) is 65.4 Å². The smallest absolute Gasteiger partial charge is 0.433 e. The van der Waals surface area contributed by atoms with Gasteiger partial charge in [-0.05, 0) is 83.5 Å². The first-order valence-electron chi connectivity index (χ1n) is 15.0. The maximum atomic E-state index is 12.8. The van der Waals surface area contributed by atoms with Crippen LogP contribution in [0.2, 0.25) is 0 Å². The molecule has 25 heteroatoms. The Kier molecular flexibility index (Phi) is 15.8. The number of thioether (sulfide) groups is 1. The van der Waals surface area contributed by atoms with Crippen molar-refractivity contribution in [3.63, 3.8) is 0 Å². The fourth-order valence-corrected chi connectivity index (χ4v) is 7.66. The fraction of sp³-hybridized carbons (Fsp3) is 0.200. The van der Waals surface area contributed by atoms with Crippen LogP contribution in [0.4, 0.5) is 28.4 Å². The van der Waals surface area contributed by atoms with E-state index in [1.807, 2.05) is 13.0 Å². The topological polar surface area (TPSA) is 289 Å². The molecular formula is C30H29N5O15S5. The molecule has 294 valence electrons. The van der Waals surface area contributed by atoms with Crippen LogP contribution >= 0.6 is 35.8 Å². The summed E-state index contributed by atoms with van der Waals surface area (Å²) in [5.74, 6) is -0.284. The van der Waals surface area contributed by atoms with Gasteiger partial charge in [0.1, 0.15) is 28.5 Å². The molecule has 0 saturated heterocycles. The van der Waals surface area contributed by atoms with Crippen molar-refractivity contribution in [1.29, 1.82) is 0 Å². The van der Waals surface area contributed by atoms with Crippen molar-refractivity contribution in [1.82, 2.24) is 0 Å². The number of aryl methyl sites for hydroxylation is 1. The highest BCUT2D eigenvalue weighted by Crippen LogP contribution is 2.48. The lowest BCUT2D eigenvalue weighted by Crippen LogP contribution is -2.06. The molecule has 0 atom stereocenters. The van der Waals surface area contributed by atoms with Crippen molar-refractivity contribution in [3.8, 4) is 22.9 Å². The number of phenolic OH excluding ortho intramolecular Hbond substituents is 1. The number of benzene rings is 4. The van der Waals surface area contributed by atoms with E-state index in [0.29, 0.717) is 47.4 Å². The van der Waals surface area contributed by atoms with E-state index in [2.05, 4.69) is 53.7 Å². The van der Waals surface area contributed by atoms with E-state index < -0.39 is 26.0 Å². The molecule has 0 radical (unpaired) electrons. The van der Waals surface area contributed by atoms with Crippen molar-refractivity contribution in [3.05, 3.63) is 54.1 Å². The van der Waals surface area contributed by atoms with Gasteiger partial charge in [0.05, 0.1) is 57.3 Å². The van der Waals surface area contributed by atoms with Gasteiger partial charge >= 0.3 is 10.4 Å².